The Bertz CT molecular complexity index is 392. The van der Waals surface area contributed by atoms with Crippen molar-refractivity contribution >= 4 is 17.6 Å². The highest BCUT2D eigenvalue weighted by atomic mass is 35.5. The van der Waals surface area contributed by atoms with Gasteiger partial charge in [0.25, 0.3) is 0 Å². The molecule has 2 atom stereocenters. The third-order valence-electron chi connectivity index (χ3n) is 2.88. The molecule has 3 nitrogen and oxygen atoms in total. The molecule has 0 bridgehead atoms. The first-order valence-corrected chi connectivity index (χ1v) is 5.70. The Morgan fingerprint density at radius 1 is 1.38 bits per heavy atom. The summed E-state index contributed by atoms with van der Waals surface area (Å²) in [4.78, 5) is 11.0. The third-order valence-corrected chi connectivity index (χ3v) is 3.20. The van der Waals surface area contributed by atoms with E-state index in [0.717, 1.165) is 12.8 Å². The van der Waals surface area contributed by atoms with Crippen molar-refractivity contribution in [2.75, 3.05) is 0 Å². The molecule has 0 aromatic heterocycles. The largest absolute Gasteiger partial charge is 0.488 e. The van der Waals surface area contributed by atoms with E-state index in [1.165, 1.54) is 0 Å². The van der Waals surface area contributed by atoms with Crippen LogP contribution < -0.4 is 4.74 Å². The Morgan fingerprint density at radius 2 is 2.12 bits per heavy atom. The molecule has 1 aliphatic rings. The molecule has 86 valence electrons. The van der Waals surface area contributed by atoms with E-state index in [9.17, 15) is 4.79 Å². The van der Waals surface area contributed by atoms with E-state index in [1.807, 2.05) is 12.1 Å². The highest BCUT2D eigenvalue weighted by Crippen LogP contribution is 2.32. The van der Waals surface area contributed by atoms with E-state index < -0.39 is 11.9 Å². The molecule has 16 heavy (non-hydrogen) atoms. The lowest BCUT2D eigenvalue weighted by molar-refractivity contribution is -0.143. The van der Waals surface area contributed by atoms with Crippen LogP contribution in [0.2, 0.25) is 5.02 Å². The van der Waals surface area contributed by atoms with Crippen LogP contribution in [0.25, 0.3) is 0 Å². The minimum Gasteiger partial charge on any atom is -0.488 e. The maximum Gasteiger partial charge on any atom is 0.310 e. The lowest BCUT2D eigenvalue weighted by Crippen LogP contribution is -2.27. The number of rotatable bonds is 3. The zero-order valence-electron chi connectivity index (χ0n) is 8.73. The average molecular weight is 241 g/mol. The van der Waals surface area contributed by atoms with Gasteiger partial charge >= 0.3 is 5.97 Å². The van der Waals surface area contributed by atoms with Crippen molar-refractivity contribution in [1.29, 1.82) is 0 Å². The maximum absolute atomic E-state index is 11.0. The van der Waals surface area contributed by atoms with Gasteiger partial charge < -0.3 is 9.84 Å². The summed E-state index contributed by atoms with van der Waals surface area (Å²) in [5.74, 6) is -0.617. The first kappa shape index (κ1) is 11.3. The van der Waals surface area contributed by atoms with Crippen molar-refractivity contribution in [3.8, 4) is 5.75 Å². The Hall–Kier alpha value is -1.22. The van der Waals surface area contributed by atoms with Crippen molar-refractivity contribution in [1.82, 2.24) is 0 Å². The number of carbonyl (C=O) groups is 1. The molecule has 1 N–H and O–H groups in total. The van der Waals surface area contributed by atoms with Crippen molar-refractivity contribution in [3.63, 3.8) is 0 Å². The molecule has 0 heterocycles. The second kappa shape index (κ2) is 4.74. The van der Waals surface area contributed by atoms with E-state index in [4.69, 9.17) is 21.4 Å². The minimum atomic E-state index is -0.783. The normalized spacial score (nSPS) is 24.3. The van der Waals surface area contributed by atoms with Gasteiger partial charge in [-0.2, -0.15) is 0 Å². The van der Waals surface area contributed by atoms with Crippen LogP contribution in [0.15, 0.2) is 24.3 Å². The van der Waals surface area contributed by atoms with Gasteiger partial charge in [0.15, 0.2) is 0 Å². The molecule has 0 radical (unpaired) electrons. The molecular formula is C12H13ClO3. The monoisotopic (exact) mass is 240 g/mol. The molecule has 1 aromatic carbocycles. The van der Waals surface area contributed by atoms with Gasteiger partial charge in [0, 0.05) is 0 Å². The standard InChI is InChI=1S/C12H13ClO3/c13-9-5-1-2-6-11(9)16-10-7-3-4-8(10)12(14)15/h1-2,5-6,8,10H,3-4,7H2,(H,14,15). The van der Waals surface area contributed by atoms with Crippen LogP contribution in [0.5, 0.6) is 5.75 Å². The van der Waals surface area contributed by atoms with E-state index in [1.54, 1.807) is 12.1 Å². The quantitative estimate of drug-likeness (QED) is 0.884. The Kier molecular flexibility index (Phi) is 3.34. The fourth-order valence-corrected chi connectivity index (χ4v) is 2.23. The summed E-state index contributed by atoms with van der Waals surface area (Å²) in [6.45, 7) is 0. The fraction of sp³-hybridized carbons (Fsp3) is 0.417. The zero-order chi connectivity index (χ0) is 11.5. The predicted molar refractivity (Wildman–Crippen MR) is 60.8 cm³/mol. The van der Waals surface area contributed by atoms with Crippen molar-refractivity contribution in [2.24, 2.45) is 5.92 Å². The summed E-state index contributed by atoms with van der Waals surface area (Å²) in [7, 11) is 0. The summed E-state index contributed by atoms with van der Waals surface area (Å²) in [6.07, 6.45) is 2.11. The Morgan fingerprint density at radius 3 is 2.81 bits per heavy atom. The highest BCUT2D eigenvalue weighted by Gasteiger charge is 2.34. The molecule has 2 unspecified atom stereocenters. The van der Waals surface area contributed by atoms with E-state index in [2.05, 4.69) is 0 Å². The molecule has 1 aliphatic carbocycles. The van der Waals surface area contributed by atoms with Crippen LogP contribution >= 0.6 is 11.6 Å². The molecule has 2 rings (SSSR count). The maximum atomic E-state index is 11.0. The van der Waals surface area contributed by atoms with Crippen LogP contribution in [0.3, 0.4) is 0 Å². The lowest BCUT2D eigenvalue weighted by Gasteiger charge is -2.18. The second-order valence-electron chi connectivity index (χ2n) is 3.96. The van der Waals surface area contributed by atoms with Crippen molar-refractivity contribution in [2.45, 2.75) is 25.4 Å². The minimum absolute atomic E-state index is 0.252. The Labute approximate surface area is 99.0 Å². The second-order valence-corrected chi connectivity index (χ2v) is 4.37. The molecule has 4 heteroatoms. The number of aliphatic carboxylic acids is 1. The Balaban J connectivity index is 2.10. The van der Waals surface area contributed by atoms with Gasteiger partial charge in [-0.15, -0.1) is 0 Å². The van der Waals surface area contributed by atoms with E-state index >= 15 is 0 Å². The van der Waals surface area contributed by atoms with Gasteiger partial charge in [-0.1, -0.05) is 23.7 Å². The van der Waals surface area contributed by atoms with Gasteiger partial charge in [-0.3, -0.25) is 4.79 Å². The molecule has 1 saturated carbocycles. The van der Waals surface area contributed by atoms with Gasteiger partial charge in [0.2, 0.25) is 0 Å². The molecular weight excluding hydrogens is 228 g/mol. The third kappa shape index (κ3) is 2.30. The molecule has 0 saturated heterocycles. The number of ether oxygens (including phenoxy) is 1. The van der Waals surface area contributed by atoms with Crippen molar-refractivity contribution < 1.29 is 14.6 Å². The summed E-state index contributed by atoms with van der Waals surface area (Å²) in [5, 5.41) is 9.54. The fourth-order valence-electron chi connectivity index (χ4n) is 2.05. The van der Waals surface area contributed by atoms with Gasteiger partial charge in [-0.05, 0) is 31.4 Å². The number of benzene rings is 1. The van der Waals surface area contributed by atoms with Crippen LogP contribution in [-0.4, -0.2) is 17.2 Å². The SMILES string of the molecule is O=C(O)C1CCCC1Oc1ccccc1Cl. The van der Waals surface area contributed by atoms with E-state index in [-0.39, 0.29) is 6.10 Å². The van der Waals surface area contributed by atoms with Crippen LogP contribution in [0.1, 0.15) is 19.3 Å². The van der Waals surface area contributed by atoms with Crippen LogP contribution in [-0.2, 0) is 4.79 Å². The number of hydrogen-bond donors (Lipinski definition) is 1. The number of hydrogen-bond acceptors (Lipinski definition) is 2. The summed E-state index contributed by atoms with van der Waals surface area (Å²) < 4.78 is 5.67. The first-order valence-electron chi connectivity index (χ1n) is 5.32. The molecule has 0 spiro atoms. The highest BCUT2D eigenvalue weighted by molar-refractivity contribution is 6.32. The van der Waals surface area contributed by atoms with Crippen LogP contribution in [0, 0.1) is 5.92 Å². The summed E-state index contributed by atoms with van der Waals surface area (Å²) >= 11 is 5.96. The predicted octanol–water partition coefficient (Wildman–Crippen LogP) is 2.97. The average Bonchev–Trinajstić information content (AvgIpc) is 2.69. The molecule has 1 fully saturated rings. The molecule has 0 aliphatic heterocycles. The van der Waals surface area contributed by atoms with Crippen LogP contribution in [0.4, 0.5) is 0 Å². The number of halogens is 1. The first-order chi connectivity index (χ1) is 7.68. The summed E-state index contributed by atoms with van der Waals surface area (Å²) in [5.41, 5.74) is 0. The van der Waals surface area contributed by atoms with Gasteiger partial charge in [0.05, 0.1) is 10.9 Å². The lowest BCUT2D eigenvalue weighted by atomic mass is 10.1. The smallest absolute Gasteiger partial charge is 0.310 e. The summed E-state index contributed by atoms with van der Waals surface area (Å²) in [6, 6.07) is 7.14. The number of para-hydroxylation sites is 1. The number of carboxylic acids is 1. The topological polar surface area (TPSA) is 46.5 Å². The number of carboxylic acid groups (broad SMARTS) is 1. The van der Waals surface area contributed by atoms with Gasteiger partial charge in [-0.25, -0.2) is 0 Å². The molecule has 0 amide bonds. The van der Waals surface area contributed by atoms with Crippen molar-refractivity contribution in [3.05, 3.63) is 29.3 Å². The zero-order valence-corrected chi connectivity index (χ0v) is 9.48. The van der Waals surface area contributed by atoms with E-state index in [0.29, 0.717) is 17.2 Å². The van der Waals surface area contributed by atoms with Gasteiger partial charge in [0.1, 0.15) is 11.9 Å². The molecule has 1 aromatic rings.